The lowest BCUT2D eigenvalue weighted by Gasteiger charge is -2.00. The Morgan fingerprint density at radius 3 is 2.80 bits per heavy atom. The van der Waals surface area contributed by atoms with Crippen LogP contribution in [0.15, 0.2) is 48.2 Å². The Labute approximate surface area is 89.9 Å². The van der Waals surface area contributed by atoms with Crippen LogP contribution in [-0.4, -0.2) is 5.97 Å². The molecule has 0 spiro atoms. The molecule has 0 heterocycles. The molecule has 0 radical (unpaired) electrons. The van der Waals surface area contributed by atoms with Gasteiger partial charge in [-0.2, -0.15) is 0 Å². The number of hydrogen-bond donors (Lipinski definition) is 0. The molecule has 0 saturated carbocycles. The van der Waals surface area contributed by atoms with Gasteiger partial charge in [-0.3, -0.25) is 0 Å². The predicted molar refractivity (Wildman–Crippen MR) is 59.2 cm³/mol. The second-order valence-corrected chi connectivity index (χ2v) is 3.02. The number of ether oxygens (including phenoxy) is 1. The summed E-state index contributed by atoms with van der Waals surface area (Å²) in [5.74, 6) is -0.358. The van der Waals surface area contributed by atoms with Gasteiger partial charge in [0.05, 0.1) is 6.08 Å². The lowest BCUT2D eigenvalue weighted by Crippen LogP contribution is -1.99. The van der Waals surface area contributed by atoms with E-state index in [-0.39, 0.29) is 5.97 Å². The van der Waals surface area contributed by atoms with Gasteiger partial charge in [0.25, 0.3) is 0 Å². The average Bonchev–Trinajstić information content (AvgIpc) is 2.28. The summed E-state index contributed by atoms with van der Waals surface area (Å²) in [7, 11) is 0. The van der Waals surface area contributed by atoms with E-state index in [0.717, 1.165) is 12.0 Å². The molecule has 1 rings (SSSR count). The highest BCUT2D eigenvalue weighted by molar-refractivity contribution is 5.81. The van der Waals surface area contributed by atoms with Crippen LogP contribution in [0.5, 0.6) is 0 Å². The van der Waals surface area contributed by atoms with E-state index in [1.54, 1.807) is 6.08 Å². The van der Waals surface area contributed by atoms with Gasteiger partial charge < -0.3 is 4.74 Å². The molecule has 0 fully saturated rings. The summed E-state index contributed by atoms with van der Waals surface area (Å²) in [6, 6.07) is 9.58. The first-order chi connectivity index (χ1) is 7.33. The summed E-state index contributed by atoms with van der Waals surface area (Å²) in [4.78, 5) is 11.1. The maximum Gasteiger partial charge on any atom is 0.338 e. The van der Waals surface area contributed by atoms with Gasteiger partial charge in [-0.15, -0.1) is 5.73 Å². The minimum atomic E-state index is -0.358. The second-order valence-electron chi connectivity index (χ2n) is 3.02. The number of carbonyl (C=O) groups excluding carboxylic acids is 1. The molecule has 0 amide bonds. The third kappa shape index (κ3) is 4.84. The molecule has 0 saturated heterocycles. The SMILES string of the molecule is CCC=C=CC(=O)OCc1ccccc1. The van der Waals surface area contributed by atoms with Crippen LogP contribution in [0, 0.1) is 0 Å². The summed E-state index contributed by atoms with van der Waals surface area (Å²) in [5, 5.41) is 0. The zero-order valence-corrected chi connectivity index (χ0v) is 8.77. The molecule has 1 aromatic rings. The summed E-state index contributed by atoms with van der Waals surface area (Å²) >= 11 is 0. The first-order valence-electron chi connectivity index (χ1n) is 4.94. The van der Waals surface area contributed by atoms with Gasteiger partial charge in [0.1, 0.15) is 6.61 Å². The van der Waals surface area contributed by atoms with E-state index in [4.69, 9.17) is 4.74 Å². The second kappa shape index (κ2) is 6.63. The van der Waals surface area contributed by atoms with E-state index in [1.165, 1.54) is 6.08 Å². The van der Waals surface area contributed by atoms with Gasteiger partial charge in [-0.05, 0) is 18.1 Å². The maximum atomic E-state index is 11.1. The van der Waals surface area contributed by atoms with E-state index in [0.29, 0.717) is 6.61 Å². The van der Waals surface area contributed by atoms with Crippen molar-refractivity contribution in [3.8, 4) is 0 Å². The number of esters is 1. The molecule has 0 N–H and O–H groups in total. The molecule has 1 aromatic carbocycles. The lowest BCUT2D eigenvalue weighted by molar-refractivity contribution is -0.138. The van der Waals surface area contributed by atoms with E-state index >= 15 is 0 Å². The fourth-order valence-corrected chi connectivity index (χ4v) is 1.02. The Kier molecular flexibility index (Phi) is 4.99. The summed E-state index contributed by atoms with van der Waals surface area (Å²) < 4.78 is 5.00. The zero-order chi connectivity index (χ0) is 10.9. The number of benzene rings is 1. The number of carbonyl (C=O) groups is 1. The highest BCUT2D eigenvalue weighted by atomic mass is 16.5. The smallest absolute Gasteiger partial charge is 0.338 e. The lowest BCUT2D eigenvalue weighted by atomic mass is 10.2. The standard InChI is InChI=1S/C13H14O2/c1-2-3-5-10-13(14)15-11-12-8-6-4-7-9-12/h3-4,6-10H,2,11H2,1H3. The largest absolute Gasteiger partial charge is 0.457 e. The molecule has 78 valence electrons. The summed E-state index contributed by atoms with van der Waals surface area (Å²) in [6.07, 6.45) is 3.96. The van der Waals surface area contributed by atoms with Crippen molar-refractivity contribution < 1.29 is 9.53 Å². The zero-order valence-electron chi connectivity index (χ0n) is 8.77. The fraction of sp³-hybridized carbons (Fsp3) is 0.231. The van der Waals surface area contributed by atoms with Crippen molar-refractivity contribution in [2.45, 2.75) is 20.0 Å². The molecule has 2 nitrogen and oxygen atoms in total. The molecule has 0 unspecified atom stereocenters. The van der Waals surface area contributed by atoms with Crippen LogP contribution in [0.25, 0.3) is 0 Å². The maximum absolute atomic E-state index is 11.1. The Morgan fingerprint density at radius 1 is 1.40 bits per heavy atom. The number of rotatable bonds is 4. The molecular formula is C13H14O2. The Hall–Kier alpha value is -1.79. The molecule has 15 heavy (non-hydrogen) atoms. The molecule has 0 aliphatic rings. The van der Waals surface area contributed by atoms with E-state index < -0.39 is 0 Å². The molecule has 2 heteroatoms. The first kappa shape index (κ1) is 11.3. The Bertz CT molecular complexity index is 359. The van der Waals surface area contributed by atoms with Crippen molar-refractivity contribution in [3.63, 3.8) is 0 Å². The van der Waals surface area contributed by atoms with Gasteiger partial charge in [0, 0.05) is 0 Å². The van der Waals surface area contributed by atoms with E-state index in [1.807, 2.05) is 37.3 Å². The van der Waals surface area contributed by atoms with Crippen LogP contribution in [-0.2, 0) is 16.1 Å². The van der Waals surface area contributed by atoms with Crippen molar-refractivity contribution >= 4 is 5.97 Å². The van der Waals surface area contributed by atoms with Gasteiger partial charge in [0.2, 0.25) is 0 Å². The molecule has 0 aromatic heterocycles. The fourth-order valence-electron chi connectivity index (χ4n) is 1.02. The van der Waals surface area contributed by atoms with Crippen LogP contribution in [0.4, 0.5) is 0 Å². The number of hydrogen-bond acceptors (Lipinski definition) is 2. The van der Waals surface area contributed by atoms with Crippen LogP contribution < -0.4 is 0 Å². The van der Waals surface area contributed by atoms with E-state index in [9.17, 15) is 4.79 Å². The third-order valence-electron chi connectivity index (χ3n) is 1.75. The van der Waals surface area contributed by atoms with Gasteiger partial charge in [-0.25, -0.2) is 4.79 Å². The topological polar surface area (TPSA) is 26.3 Å². The van der Waals surface area contributed by atoms with Crippen molar-refractivity contribution in [3.05, 3.63) is 53.8 Å². The van der Waals surface area contributed by atoms with Crippen molar-refractivity contribution in [1.29, 1.82) is 0 Å². The molecule has 0 aliphatic heterocycles. The predicted octanol–water partition coefficient (Wildman–Crippen LogP) is 2.85. The van der Waals surface area contributed by atoms with Crippen molar-refractivity contribution in [1.82, 2.24) is 0 Å². The minimum Gasteiger partial charge on any atom is -0.457 e. The monoisotopic (exact) mass is 202 g/mol. The summed E-state index contributed by atoms with van der Waals surface area (Å²) in [5.41, 5.74) is 3.73. The molecule has 0 aliphatic carbocycles. The average molecular weight is 202 g/mol. The highest BCUT2D eigenvalue weighted by Crippen LogP contribution is 2.00. The summed E-state index contributed by atoms with van der Waals surface area (Å²) in [6.45, 7) is 2.29. The van der Waals surface area contributed by atoms with Gasteiger partial charge in [-0.1, -0.05) is 37.3 Å². The molecular weight excluding hydrogens is 188 g/mol. The normalized spacial score (nSPS) is 8.87. The third-order valence-corrected chi connectivity index (χ3v) is 1.75. The van der Waals surface area contributed by atoms with Crippen LogP contribution >= 0.6 is 0 Å². The van der Waals surface area contributed by atoms with Crippen molar-refractivity contribution in [2.24, 2.45) is 0 Å². The minimum absolute atomic E-state index is 0.310. The molecule has 0 bridgehead atoms. The first-order valence-corrected chi connectivity index (χ1v) is 4.94. The highest BCUT2D eigenvalue weighted by Gasteiger charge is 1.96. The Balaban J connectivity index is 2.38. The quantitative estimate of drug-likeness (QED) is 0.426. The van der Waals surface area contributed by atoms with Crippen molar-refractivity contribution in [2.75, 3.05) is 0 Å². The van der Waals surface area contributed by atoms with Crippen LogP contribution in [0.2, 0.25) is 0 Å². The van der Waals surface area contributed by atoms with Crippen LogP contribution in [0.1, 0.15) is 18.9 Å². The van der Waals surface area contributed by atoms with E-state index in [2.05, 4.69) is 5.73 Å². The molecule has 0 atom stereocenters. The van der Waals surface area contributed by atoms with Gasteiger partial charge in [0.15, 0.2) is 0 Å². The Morgan fingerprint density at radius 2 is 2.13 bits per heavy atom. The van der Waals surface area contributed by atoms with Gasteiger partial charge >= 0.3 is 5.97 Å². The van der Waals surface area contributed by atoms with Crippen LogP contribution in [0.3, 0.4) is 0 Å².